The fourth-order valence-corrected chi connectivity index (χ4v) is 4.39. The van der Waals surface area contributed by atoms with E-state index in [-0.39, 0.29) is 24.4 Å². The second kappa shape index (κ2) is 10.7. The summed E-state index contributed by atoms with van der Waals surface area (Å²) in [6.07, 6.45) is 3.48. The Morgan fingerprint density at radius 3 is 2.63 bits per heavy atom. The first-order valence-electron chi connectivity index (χ1n) is 11.4. The third-order valence-corrected chi connectivity index (χ3v) is 6.20. The van der Waals surface area contributed by atoms with Crippen LogP contribution in [0.25, 0.3) is 22.3 Å². The molecule has 4 aromatic rings. The maximum absolute atomic E-state index is 12.6. The van der Waals surface area contributed by atoms with Gasteiger partial charge in [-0.15, -0.1) is 12.4 Å². The van der Waals surface area contributed by atoms with Gasteiger partial charge in [0.1, 0.15) is 23.6 Å². The SMILES string of the molecule is COc1ccccc1C(=O)NCc1ccc(-c2nn(C3CCNCC3)c3ncnc(N)c23)cc1.Cl. The molecule has 1 saturated heterocycles. The zero-order chi connectivity index (χ0) is 23.5. The van der Waals surface area contributed by atoms with Crippen LogP contribution in [0, 0.1) is 0 Å². The number of carbonyl (C=O) groups is 1. The minimum absolute atomic E-state index is 0. The minimum atomic E-state index is -0.182. The number of methoxy groups -OCH3 is 1. The number of nitrogens with one attached hydrogen (secondary N) is 2. The number of carbonyl (C=O) groups excluding carboxylic acids is 1. The normalized spacial score (nSPS) is 13.9. The Kier molecular flexibility index (Phi) is 7.48. The van der Waals surface area contributed by atoms with Crippen LogP contribution in [-0.2, 0) is 6.54 Å². The van der Waals surface area contributed by atoms with Gasteiger partial charge in [-0.2, -0.15) is 5.10 Å². The molecule has 0 unspecified atom stereocenters. The summed E-state index contributed by atoms with van der Waals surface area (Å²) in [7, 11) is 1.55. The minimum Gasteiger partial charge on any atom is -0.496 e. The second-order valence-electron chi connectivity index (χ2n) is 8.31. The van der Waals surface area contributed by atoms with Gasteiger partial charge in [0, 0.05) is 12.1 Å². The van der Waals surface area contributed by atoms with Crippen LogP contribution in [-0.4, -0.2) is 45.9 Å². The lowest BCUT2D eigenvalue weighted by Gasteiger charge is -2.23. The fraction of sp³-hybridized carbons (Fsp3) is 0.280. The van der Waals surface area contributed by atoms with Gasteiger partial charge in [0.2, 0.25) is 0 Å². The number of nitrogens with zero attached hydrogens (tertiary/aromatic N) is 4. The molecule has 1 amide bonds. The van der Waals surface area contributed by atoms with Gasteiger partial charge in [0.15, 0.2) is 5.65 Å². The maximum Gasteiger partial charge on any atom is 0.255 e. The summed E-state index contributed by atoms with van der Waals surface area (Å²) in [4.78, 5) is 21.3. The van der Waals surface area contributed by atoms with E-state index in [2.05, 4.69) is 20.6 Å². The van der Waals surface area contributed by atoms with Gasteiger partial charge < -0.3 is 21.1 Å². The molecule has 1 aliphatic rings. The Morgan fingerprint density at radius 1 is 1.14 bits per heavy atom. The number of hydrogen-bond acceptors (Lipinski definition) is 7. The largest absolute Gasteiger partial charge is 0.496 e. The zero-order valence-electron chi connectivity index (χ0n) is 19.4. The van der Waals surface area contributed by atoms with Gasteiger partial charge in [0.25, 0.3) is 5.91 Å². The van der Waals surface area contributed by atoms with Crippen LogP contribution >= 0.6 is 12.4 Å². The van der Waals surface area contributed by atoms with Crippen molar-refractivity contribution >= 4 is 35.2 Å². The third kappa shape index (κ3) is 4.91. The molecule has 4 N–H and O–H groups in total. The first-order valence-corrected chi connectivity index (χ1v) is 11.4. The van der Waals surface area contributed by atoms with Crippen LogP contribution < -0.4 is 21.1 Å². The topological polar surface area (TPSA) is 120 Å². The van der Waals surface area contributed by atoms with Crippen molar-refractivity contribution in [1.29, 1.82) is 0 Å². The highest BCUT2D eigenvalue weighted by Gasteiger charge is 2.23. The van der Waals surface area contributed by atoms with Gasteiger partial charge in [-0.1, -0.05) is 36.4 Å². The Bertz CT molecular complexity index is 1320. The van der Waals surface area contributed by atoms with Crippen LogP contribution in [0.3, 0.4) is 0 Å². The number of nitrogen functional groups attached to an aromatic ring is 1. The molecule has 0 bridgehead atoms. The predicted octanol–water partition coefficient (Wildman–Crippen LogP) is 3.36. The number of nitrogens with two attached hydrogens (primary N) is 1. The number of aromatic nitrogens is 4. The van der Waals surface area contributed by atoms with Crippen LogP contribution in [0.5, 0.6) is 5.75 Å². The summed E-state index contributed by atoms with van der Waals surface area (Å²) in [6.45, 7) is 2.31. The molecule has 0 atom stereocenters. The number of ether oxygens (including phenoxy) is 1. The number of fused-ring (bicyclic) bond motifs is 1. The fourth-order valence-electron chi connectivity index (χ4n) is 4.39. The van der Waals surface area contributed by atoms with Crippen LogP contribution in [0.2, 0.25) is 0 Å². The first kappa shape index (κ1) is 24.4. The first-order chi connectivity index (χ1) is 16.7. The van der Waals surface area contributed by atoms with Crippen LogP contribution in [0.1, 0.15) is 34.8 Å². The number of para-hydroxylation sites is 1. The lowest BCUT2D eigenvalue weighted by atomic mass is 10.1. The summed E-state index contributed by atoms with van der Waals surface area (Å²) in [5.74, 6) is 0.790. The molecule has 0 radical (unpaired) electrons. The van der Waals surface area contributed by atoms with Gasteiger partial charge in [-0.05, 0) is 43.6 Å². The highest BCUT2D eigenvalue weighted by molar-refractivity contribution is 5.98. The average Bonchev–Trinajstić information content (AvgIpc) is 3.29. The smallest absolute Gasteiger partial charge is 0.255 e. The second-order valence-corrected chi connectivity index (χ2v) is 8.31. The van der Waals surface area contributed by atoms with E-state index in [0.29, 0.717) is 23.7 Å². The molecule has 0 spiro atoms. The van der Waals surface area contributed by atoms with Crippen molar-refractivity contribution in [3.05, 3.63) is 66.0 Å². The molecule has 5 rings (SSSR count). The van der Waals surface area contributed by atoms with Gasteiger partial charge >= 0.3 is 0 Å². The molecule has 1 aliphatic heterocycles. The zero-order valence-corrected chi connectivity index (χ0v) is 20.2. The van der Waals surface area contributed by atoms with Crippen molar-refractivity contribution in [1.82, 2.24) is 30.4 Å². The summed E-state index contributed by atoms with van der Waals surface area (Å²) in [5.41, 5.74) is 10.2. The van der Waals surface area contributed by atoms with E-state index in [4.69, 9.17) is 15.6 Å². The molecule has 0 aliphatic carbocycles. The number of piperidine rings is 1. The van der Waals surface area contributed by atoms with E-state index in [1.165, 1.54) is 6.33 Å². The maximum atomic E-state index is 12.6. The summed E-state index contributed by atoms with van der Waals surface area (Å²) in [5, 5.41) is 12.0. The number of rotatable bonds is 6. The number of halogens is 1. The van der Waals surface area contributed by atoms with E-state index in [1.807, 2.05) is 41.1 Å². The number of anilines is 1. The van der Waals surface area contributed by atoms with E-state index in [0.717, 1.165) is 53.8 Å². The van der Waals surface area contributed by atoms with Gasteiger partial charge in [-0.3, -0.25) is 4.79 Å². The van der Waals surface area contributed by atoms with Crippen molar-refractivity contribution in [2.24, 2.45) is 0 Å². The molecule has 10 heteroatoms. The molecule has 9 nitrogen and oxygen atoms in total. The number of hydrogen-bond donors (Lipinski definition) is 3. The molecule has 3 heterocycles. The van der Waals surface area contributed by atoms with Crippen molar-refractivity contribution < 1.29 is 9.53 Å². The predicted molar refractivity (Wildman–Crippen MR) is 138 cm³/mol. The summed E-state index contributed by atoms with van der Waals surface area (Å²) >= 11 is 0. The van der Waals surface area contributed by atoms with Crippen molar-refractivity contribution in [2.75, 3.05) is 25.9 Å². The lowest BCUT2D eigenvalue weighted by Crippen LogP contribution is -2.30. The molecule has 35 heavy (non-hydrogen) atoms. The summed E-state index contributed by atoms with van der Waals surface area (Å²) in [6, 6.07) is 15.4. The molecule has 182 valence electrons. The Hall–Kier alpha value is -3.69. The van der Waals surface area contributed by atoms with Gasteiger partial charge in [0.05, 0.1) is 24.1 Å². The molecular formula is C25H28ClN7O2. The highest BCUT2D eigenvalue weighted by Crippen LogP contribution is 2.33. The molecule has 1 fully saturated rings. The standard InChI is InChI=1S/C25H27N7O2.ClH/c1-34-20-5-3-2-4-19(20)25(33)28-14-16-6-8-17(9-7-16)22-21-23(26)29-15-30-24(21)32(31-22)18-10-12-27-13-11-18;/h2-9,15,18,27H,10-14H2,1H3,(H,28,33)(H2,26,29,30);1H. The quantitative estimate of drug-likeness (QED) is 0.376. The lowest BCUT2D eigenvalue weighted by molar-refractivity contribution is 0.0948. The third-order valence-electron chi connectivity index (χ3n) is 6.20. The highest BCUT2D eigenvalue weighted by atomic mass is 35.5. The van der Waals surface area contributed by atoms with E-state index >= 15 is 0 Å². The molecule has 0 saturated carbocycles. The van der Waals surface area contributed by atoms with Crippen LogP contribution in [0.15, 0.2) is 54.9 Å². The number of amides is 1. The monoisotopic (exact) mass is 493 g/mol. The molecule has 2 aromatic heterocycles. The van der Waals surface area contributed by atoms with Crippen molar-refractivity contribution in [2.45, 2.75) is 25.4 Å². The Labute approximate surface area is 209 Å². The van der Waals surface area contributed by atoms with E-state index in [9.17, 15) is 4.79 Å². The molecular weight excluding hydrogens is 466 g/mol. The Morgan fingerprint density at radius 2 is 1.89 bits per heavy atom. The Balaban J connectivity index is 0.00000289. The van der Waals surface area contributed by atoms with Crippen molar-refractivity contribution in [3.63, 3.8) is 0 Å². The van der Waals surface area contributed by atoms with Crippen LogP contribution in [0.4, 0.5) is 5.82 Å². The molecule has 2 aromatic carbocycles. The van der Waals surface area contributed by atoms with E-state index in [1.54, 1.807) is 19.2 Å². The van der Waals surface area contributed by atoms with Gasteiger partial charge in [-0.25, -0.2) is 14.6 Å². The van der Waals surface area contributed by atoms with Crippen molar-refractivity contribution in [3.8, 4) is 17.0 Å². The van der Waals surface area contributed by atoms with E-state index < -0.39 is 0 Å². The average molecular weight is 494 g/mol. The summed E-state index contributed by atoms with van der Waals surface area (Å²) < 4.78 is 7.28. The number of benzene rings is 2.